The summed E-state index contributed by atoms with van der Waals surface area (Å²) in [4.78, 5) is 39.7. The quantitative estimate of drug-likeness (QED) is 0.455. The summed E-state index contributed by atoms with van der Waals surface area (Å²) in [6, 6.07) is 1.81. The van der Waals surface area contributed by atoms with Crippen molar-refractivity contribution in [2.24, 2.45) is 28.1 Å². The van der Waals surface area contributed by atoms with Gasteiger partial charge in [-0.05, 0) is 45.6 Å². The van der Waals surface area contributed by atoms with Crippen LogP contribution in [0.5, 0.6) is 0 Å². The van der Waals surface area contributed by atoms with Crippen molar-refractivity contribution in [1.29, 1.82) is 0 Å². The standard InChI is InChI=1S/C26H30O8/c1-22(2)15-9-16(27)24(4)14(25(15)12-31-18(28)10-17(25)33-22)5-7-23(3)19(13-6-8-30-11-13)32-21(29)20-26(23,24)34-20/h6,8,11,14-15,17,19-20H,5,7,9-10,12H2,1-4H3/t14-,15?,17?,19-,20+,23-,24-,25+,26+/m0/s1. The van der Waals surface area contributed by atoms with Gasteiger partial charge in [0.25, 0.3) is 0 Å². The number of carbonyl (C=O) groups is 3. The maximum atomic E-state index is 14.2. The molecule has 6 fully saturated rings. The van der Waals surface area contributed by atoms with Crippen LogP contribution in [0.2, 0.25) is 0 Å². The molecule has 1 aromatic heterocycles. The minimum atomic E-state index is -0.976. The number of fused-ring (bicyclic) bond motifs is 1. The average Bonchev–Trinajstić information content (AvgIpc) is 3.26. The molecular formula is C26H30O8. The second kappa shape index (κ2) is 5.95. The largest absolute Gasteiger partial charge is 0.472 e. The van der Waals surface area contributed by atoms with E-state index in [0.29, 0.717) is 12.8 Å². The molecule has 4 aliphatic heterocycles. The summed E-state index contributed by atoms with van der Waals surface area (Å²) < 4.78 is 29.8. The number of hydrogen-bond acceptors (Lipinski definition) is 8. The van der Waals surface area contributed by atoms with Gasteiger partial charge < -0.3 is 23.4 Å². The molecule has 182 valence electrons. The molecule has 2 unspecified atom stereocenters. The highest BCUT2D eigenvalue weighted by Crippen LogP contribution is 2.79. The van der Waals surface area contributed by atoms with E-state index in [2.05, 4.69) is 6.92 Å². The van der Waals surface area contributed by atoms with Gasteiger partial charge in [0.05, 0.1) is 36.1 Å². The molecule has 1 aromatic rings. The predicted octanol–water partition coefficient (Wildman–Crippen LogP) is 3.14. The Bertz CT molecular complexity index is 1120. The lowest BCUT2D eigenvalue weighted by Gasteiger charge is -2.65. The van der Waals surface area contributed by atoms with Crippen molar-refractivity contribution in [3.8, 4) is 0 Å². The third-order valence-electron chi connectivity index (χ3n) is 10.7. The van der Waals surface area contributed by atoms with Crippen molar-refractivity contribution < 1.29 is 37.7 Å². The van der Waals surface area contributed by atoms with Crippen LogP contribution in [0.1, 0.15) is 65.0 Å². The van der Waals surface area contributed by atoms with E-state index in [-0.39, 0.29) is 42.7 Å². The molecule has 2 saturated carbocycles. The van der Waals surface area contributed by atoms with E-state index in [1.165, 1.54) is 0 Å². The van der Waals surface area contributed by atoms with E-state index in [9.17, 15) is 14.4 Å². The van der Waals surface area contributed by atoms with Crippen molar-refractivity contribution >= 4 is 17.7 Å². The number of esters is 2. The number of carbonyl (C=O) groups excluding carboxylic acids is 3. The normalized spacial score (nSPS) is 52.4. The fourth-order valence-corrected chi connectivity index (χ4v) is 9.34. The average molecular weight is 471 g/mol. The zero-order valence-corrected chi connectivity index (χ0v) is 19.9. The minimum absolute atomic E-state index is 0.0677. The van der Waals surface area contributed by atoms with Gasteiger partial charge in [-0.2, -0.15) is 0 Å². The highest BCUT2D eigenvalue weighted by Gasteiger charge is 2.89. The van der Waals surface area contributed by atoms with Crippen molar-refractivity contribution in [3.63, 3.8) is 0 Å². The Hall–Kier alpha value is -2.19. The third kappa shape index (κ3) is 2.02. The van der Waals surface area contributed by atoms with Gasteiger partial charge >= 0.3 is 11.9 Å². The molecular weight excluding hydrogens is 440 g/mol. The molecule has 2 spiro atoms. The topological polar surface area (TPSA) is 105 Å². The van der Waals surface area contributed by atoms with E-state index in [1.54, 1.807) is 12.5 Å². The fraction of sp³-hybridized carbons (Fsp3) is 0.731. The Balaban J connectivity index is 1.41. The molecule has 0 aromatic carbocycles. The minimum Gasteiger partial charge on any atom is -0.472 e. The van der Waals surface area contributed by atoms with Gasteiger partial charge in [-0.25, -0.2) is 4.79 Å². The summed E-state index contributed by atoms with van der Waals surface area (Å²) in [5.41, 5.74) is -2.78. The Kier molecular flexibility index (Phi) is 3.70. The van der Waals surface area contributed by atoms with E-state index >= 15 is 0 Å². The number of hydrogen-bond donors (Lipinski definition) is 0. The number of Topliss-reactive ketones (excluding diaryl/α,β-unsaturated/α-hetero) is 1. The summed E-state index contributed by atoms with van der Waals surface area (Å²) in [5.74, 6) is -0.780. The number of ether oxygens (including phenoxy) is 4. The number of rotatable bonds is 1. The van der Waals surface area contributed by atoms with E-state index < -0.39 is 45.6 Å². The monoisotopic (exact) mass is 470 g/mol. The summed E-state index contributed by atoms with van der Waals surface area (Å²) >= 11 is 0. The second-order valence-corrected chi connectivity index (χ2v) is 12.2. The Morgan fingerprint density at radius 1 is 0.971 bits per heavy atom. The Morgan fingerprint density at radius 2 is 1.76 bits per heavy atom. The van der Waals surface area contributed by atoms with Crippen LogP contribution in [0, 0.1) is 28.1 Å². The van der Waals surface area contributed by atoms with Crippen molar-refractivity contribution in [1.82, 2.24) is 0 Å². The van der Waals surface area contributed by atoms with Crippen LogP contribution in [0.4, 0.5) is 0 Å². The predicted molar refractivity (Wildman–Crippen MR) is 114 cm³/mol. The van der Waals surface area contributed by atoms with Gasteiger partial charge in [-0.1, -0.05) is 6.92 Å². The first kappa shape index (κ1) is 21.1. The summed E-state index contributed by atoms with van der Waals surface area (Å²) in [6.45, 7) is 8.36. The van der Waals surface area contributed by atoms with Gasteiger partial charge in [0.1, 0.15) is 24.1 Å². The van der Waals surface area contributed by atoms with Gasteiger partial charge in [-0.3, -0.25) is 9.59 Å². The van der Waals surface area contributed by atoms with Crippen molar-refractivity contribution in [3.05, 3.63) is 24.2 Å². The first-order valence-electron chi connectivity index (χ1n) is 12.3. The fourth-order valence-electron chi connectivity index (χ4n) is 9.34. The van der Waals surface area contributed by atoms with Crippen molar-refractivity contribution in [2.75, 3.05) is 6.61 Å². The van der Waals surface area contributed by atoms with Crippen molar-refractivity contribution in [2.45, 2.75) is 82.9 Å². The molecule has 0 bridgehead atoms. The van der Waals surface area contributed by atoms with Crippen LogP contribution in [-0.4, -0.2) is 47.7 Å². The van der Waals surface area contributed by atoms with Crippen LogP contribution in [-0.2, 0) is 33.3 Å². The van der Waals surface area contributed by atoms with Gasteiger partial charge in [0.2, 0.25) is 0 Å². The van der Waals surface area contributed by atoms with Crippen LogP contribution in [0.3, 0.4) is 0 Å². The number of ketones is 1. The van der Waals surface area contributed by atoms with Gasteiger partial charge in [0, 0.05) is 28.7 Å². The molecule has 0 amide bonds. The molecule has 9 atom stereocenters. The highest BCUT2D eigenvalue weighted by atomic mass is 16.7. The van der Waals surface area contributed by atoms with Gasteiger partial charge in [-0.15, -0.1) is 0 Å². The summed E-state index contributed by atoms with van der Waals surface area (Å²) in [7, 11) is 0. The van der Waals surface area contributed by atoms with Crippen LogP contribution >= 0.6 is 0 Å². The molecule has 8 heteroatoms. The second-order valence-electron chi connectivity index (χ2n) is 12.2. The maximum absolute atomic E-state index is 14.2. The molecule has 7 rings (SSSR count). The molecule has 0 N–H and O–H groups in total. The highest BCUT2D eigenvalue weighted by molar-refractivity contribution is 5.93. The number of epoxide rings is 1. The van der Waals surface area contributed by atoms with E-state index in [1.807, 2.05) is 26.8 Å². The third-order valence-corrected chi connectivity index (χ3v) is 10.7. The molecule has 0 radical (unpaired) electrons. The van der Waals surface area contributed by atoms with Gasteiger partial charge in [0.15, 0.2) is 6.10 Å². The first-order valence-corrected chi connectivity index (χ1v) is 12.3. The van der Waals surface area contributed by atoms with E-state index in [0.717, 1.165) is 12.0 Å². The maximum Gasteiger partial charge on any atom is 0.339 e. The van der Waals surface area contributed by atoms with Crippen LogP contribution < -0.4 is 0 Å². The number of furan rings is 1. The SMILES string of the molecule is CC1(C)OC2CC(=O)OC[C@@]23C1CC(=O)[C@]1(C)[C@@H]3CC[C@@]2(C)[C@H](c3ccoc3)OC(=O)[C@H]3O[C@]321. The zero-order valence-electron chi connectivity index (χ0n) is 19.9. The number of cyclic esters (lactones) is 2. The lowest BCUT2D eigenvalue weighted by atomic mass is 9.37. The van der Waals surface area contributed by atoms with Crippen LogP contribution in [0.25, 0.3) is 0 Å². The first-order chi connectivity index (χ1) is 16.0. The molecule has 4 saturated heterocycles. The van der Waals surface area contributed by atoms with Crippen LogP contribution in [0.15, 0.2) is 23.0 Å². The molecule has 6 aliphatic rings. The summed E-state index contributed by atoms with van der Waals surface area (Å²) in [5, 5.41) is 0. The molecule has 5 heterocycles. The zero-order chi connectivity index (χ0) is 23.9. The molecule has 8 nitrogen and oxygen atoms in total. The van der Waals surface area contributed by atoms with E-state index in [4.69, 9.17) is 23.4 Å². The smallest absolute Gasteiger partial charge is 0.339 e. The molecule has 2 aliphatic carbocycles. The Labute approximate surface area is 197 Å². The lowest BCUT2D eigenvalue weighted by molar-refractivity contribution is -0.225. The molecule has 34 heavy (non-hydrogen) atoms. The summed E-state index contributed by atoms with van der Waals surface area (Å²) in [6.07, 6.45) is 3.46. The lowest BCUT2D eigenvalue weighted by Crippen LogP contribution is -2.72. The Morgan fingerprint density at radius 3 is 2.50 bits per heavy atom.